The lowest BCUT2D eigenvalue weighted by Gasteiger charge is -2.12. The molecule has 0 heterocycles. The minimum absolute atomic E-state index is 0.0317. The van der Waals surface area contributed by atoms with Crippen molar-refractivity contribution in [3.8, 4) is 0 Å². The summed E-state index contributed by atoms with van der Waals surface area (Å²) in [4.78, 5) is 0. The van der Waals surface area contributed by atoms with Gasteiger partial charge < -0.3 is 0 Å². The lowest BCUT2D eigenvalue weighted by atomic mass is 10.0. The summed E-state index contributed by atoms with van der Waals surface area (Å²) in [5.41, 5.74) is 0.495. The molecule has 0 fully saturated rings. The van der Waals surface area contributed by atoms with Gasteiger partial charge in [0.2, 0.25) is 0 Å². The van der Waals surface area contributed by atoms with Crippen LogP contribution < -0.4 is 9.86 Å². The fourth-order valence-corrected chi connectivity index (χ4v) is 1.66. The van der Waals surface area contributed by atoms with Gasteiger partial charge in [-0.15, -0.1) is 0 Å². The van der Waals surface area contributed by atoms with Gasteiger partial charge in [0.25, 0.3) is 10.2 Å². The number of nitrogens with two attached hydrogens (primary N) is 1. The number of hydrogen-bond donors (Lipinski definition) is 2. The van der Waals surface area contributed by atoms with E-state index in [1.807, 2.05) is 0 Å². The molecule has 3 N–H and O–H groups in total. The molecule has 0 bridgehead atoms. The summed E-state index contributed by atoms with van der Waals surface area (Å²) in [6, 6.07) is 3.43. The largest absolute Gasteiger partial charge is 0.274 e. The SMILES string of the molecule is C[C@H](CNS(N)(=O)=O)c1ccc(F)c(F)c1. The predicted molar refractivity (Wildman–Crippen MR) is 55.9 cm³/mol. The van der Waals surface area contributed by atoms with Gasteiger partial charge in [-0.2, -0.15) is 8.42 Å². The minimum Gasteiger partial charge on any atom is -0.216 e. The summed E-state index contributed by atoms with van der Waals surface area (Å²) in [5.74, 6) is -2.19. The third-order valence-corrected chi connectivity index (χ3v) is 2.67. The number of halogens is 2. The molecule has 0 aromatic heterocycles. The zero-order valence-electron chi connectivity index (χ0n) is 8.57. The molecule has 1 rings (SSSR count). The fourth-order valence-electron chi connectivity index (χ4n) is 1.18. The van der Waals surface area contributed by atoms with Gasteiger partial charge in [-0.1, -0.05) is 13.0 Å². The van der Waals surface area contributed by atoms with E-state index in [0.717, 1.165) is 12.1 Å². The van der Waals surface area contributed by atoms with Gasteiger partial charge in [-0.25, -0.2) is 18.6 Å². The normalized spacial score (nSPS) is 13.8. The van der Waals surface area contributed by atoms with Gasteiger partial charge in [0.05, 0.1) is 0 Å². The van der Waals surface area contributed by atoms with Crippen LogP contribution in [0.25, 0.3) is 0 Å². The van der Waals surface area contributed by atoms with E-state index in [1.54, 1.807) is 6.92 Å². The second-order valence-electron chi connectivity index (χ2n) is 3.47. The summed E-state index contributed by atoms with van der Waals surface area (Å²) >= 11 is 0. The van der Waals surface area contributed by atoms with Crippen LogP contribution in [0.4, 0.5) is 8.78 Å². The van der Waals surface area contributed by atoms with Crippen molar-refractivity contribution in [1.29, 1.82) is 0 Å². The molecular weight excluding hydrogens is 238 g/mol. The van der Waals surface area contributed by atoms with Crippen molar-refractivity contribution in [3.05, 3.63) is 35.4 Å². The van der Waals surface area contributed by atoms with E-state index in [-0.39, 0.29) is 12.5 Å². The van der Waals surface area contributed by atoms with Crippen LogP contribution in [0.15, 0.2) is 18.2 Å². The molecule has 0 aliphatic carbocycles. The van der Waals surface area contributed by atoms with Crippen LogP contribution >= 0.6 is 0 Å². The summed E-state index contributed by atoms with van der Waals surface area (Å²) < 4.78 is 48.8. The van der Waals surface area contributed by atoms with Crippen molar-refractivity contribution in [2.24, 2.45) is 5.14 Å². The lowest BCUT2D eigenvalue weighted by molar-refractivity contribution is 0.505. The fraction of sp³-hybridized carbons (Fsp3) is 0.333. The smallest absolute Gasteiger partial charge is 0.216 e. The maximum absolute atomic E-state index is 12.9. The summed E-state index contributed by atoms with van der Waals surface area (Å²) in [5, 5.41) is 4.74. The first-order chi connectivity index (χ1) is 7.29. The molecule has 0 saturated heterocycles. The molecule has 0 aliphatic rings. The van der Waals surface area contributed by atoms with Crippen molar-refractivity contribution >= 4 is 10.2 Å². The van der Waals surface area contributed by atoms with Crippen LogP contribution in [-0.4, -0.2) is 15.0 Å². The Balaban J connectivity index is 2.73. The monoisotopic (exact) mass is 250 g/mol. The number of nitrogens with one attached hydrogen (secondary N) is 1. The second kappa shape index (κ2) is 4.86. The number of benzene rings is 1. The first kappa shape index (κ1) is 13.0. The van der Waals surface area contributed by atoms with Crippen LogP contribution in [0.3, 0.4) is 0 Å². The zero-order chi connectivity index (χ0) is 12.3. The Morgan fingerprint density at radius 3 is 2.50 bits per heavy atom. The standard InChI is InChI=1S/C9H12F2N2O2S/c1-6(5-13-16(12,14)15)7-2-3-8(10)9(11)4-7/h2-4,6,13H,5H2,1H3,(H2,12,14,15)/t6-/m1/s1. The number of hydrogen-bond acceptors (Lipinski definition) is 2. The van der Waals surface area contributed by atoms with Gasteiger partial charge in [0.15, 0.2) is 11.6 Å². The second-order valence-corrected chi connectivity index (χ2v) is 4.85. The highest BCUT2D eigenvalue weighted by atomic mass is 32.2. The van der Waals surface area contributed by atoms with E-state index >= 15 is 0 Å². The van der Waals surface area contributed by atoms with Crippen LogP contribution in [0.2, 0.25) is 0 Å². The van der Waals surface area contributed by atoms with Gasteiger partial charge in [-0.3, -0.25) is 0 Å². The molecule has 16 heavy (non-hydrogen) atoms. The van der Waals surface area contributed by atoms with Crippen LogP contribution in [0.5, 0.6) is 0 Å². The summed E-state index contributed by atoms with van der Waals surface area (Å²) in [6.45, 7) is 1.70. The van der Waals surface area contributed by atoms with Crippen molar-refractivity contribution in [2.45, 2.75) is 12.8 Å². The highest BCUT2D eigenvalue weighted by molar-refractivity contribution is 7.87. The quantitative estimate of drug-likeness (QED) is 0.832. The van der Waals surface area contributed by atoms with Crippen LogP contribution in [0, 0.1) is 11.6 Å². The van der Waals surface area contributed by atoms with E-state index in [9.17, 15) is 17.2 Å². The predicted octanol–water partition coefficient (Wildman–Crippen LogP) is 0.861. The Hall–Kier alpha value is -1.05. The average molecular weight is 250 g/mol. The molecule has 1 aromatic rings. The van der Waals surface area contributed by atoms with Gasteiger partial charge in [0.1, 0.15) is 0 Å². The molecule has 0 spiro atoms. The highest BCUT2D eigenvalue weighted by Crippen LogP contribution is 2.17. The molecule has 1 aromatic carbocycles. The van der Waals surface area contributed by atoms with Crippen molar-refractivity contribution in [1.82, 2.24) is 4.72 Å². The number of rotatable bonds is 4. The Bertz CT molecular complexity index is 476. The van der Waals surface area contributed by atoms with E-state index in [1.165, 1.54) is 6.07 Å². The summed E-state index contributed by atoms with van der Waals surface area (Å²) in [6.07, 6.45) is 0. The van der Waals surface area contributed by atoms with Crippen molar-refractivity contribution < 1.29 is 17.2 Å². The molecule has 0 unspecified atom stereocenters. The van der Waals surface area contributed by atoms with E-state index in [0.29, 0.717) is 5.56 Å². The minimum atomic E-state index is -3.76. The first-order valence-corrected chi connectivity index (χ1v) is 6.06. The molecule has 1 atom stereocenters. The summed E-state index contributed by atoms with van der Waals surface area (Å²) in [7, 11) is -3.76. The van der Waals surface area contributed by atoms with Crippen molar-refractivity contribution in [3.63, 3.8) is 0 Å². The van der Waals surface area contributed by atoms with E-state index < -0.39 is 21.8 Å². The van der Waals surface area contributed by atoms with Gasteiger partial charge >= 0.3 is 0 Å². The zero-order valence-corrected chi connectivity index (χ0v) is 9.39. The Morgan fingerprint density at radius 2 is 2.00 bits per heavy atom. The molecule has 7 heteroatoms. The van der Waals surface area contributed by atoms with Crippen LogP contribution in [0.1, 0.15) is 18.4 Å². The molecule has 90 valence electrons. The molecule has 4 nitrogen and oxygen atoms in total. The van der Waals surface area contributed by atoms with Crippen molar-refractivity contribution in [2.75, 3.05) is 6.54 Å². The first-order valence-electron chi connectivity index (χ1n) is 4.52. The average Bonchev–Trinajstić information content (AvgIpc) is 2.17. The third kappa shape index (κ3) is 3.84. The molecule has 0 saturated carbocycles. The maximum Gasteiger partial charge on any atom is 0.274 e. The Kier molecular flexibility index (Phi) is 3.95. The maximum atomic E-state index is 12.9. The van der Waals surface area contributed by atoms with E-state index in [2.05, 4.69) is 4.72 Å². The lowest BCUT2D eigenvalue weighted by Crippen LogP contribution is -2.33. The van der Waals surface area contributed by atoms with Crippen LogP contribution in [-0.2, 0) is 10.2 Å². The topological polar surface area (TPSA) is 72.2 Å². The van der Waals surface area contributed by atoms with E-state index in [4.69, 9.17) is 5.14 Å². The molecular formula is C9H12F2N2O2S. The van der Waals surface area contributed by atoms with Gasteiger partial charge in [-0.05, 0) is 23.6 Å². The molecule has 0 radical (unpaired) electrons. The van der Waals surface area contributed by atoms with Gasteiger partial charge in [0, 0.05) is 6.54 Å². The Morgan fingerprint density at radius 1 is 1.38 bits per heavy atom. The Labute approximate surface area is 92.6 Å². The molecule has 0 aliphatic heterocycles. The third-order valence-electron chi connectivity index (χ3n) is 2.10. The highest BCUT2D eigenvalue weighted by Gasteiger charge is 2.11. The molecule has 0 amide bonds.